The van der Waals surface area contributed by atoms with Crippen molar-refractivity contribution in [3.8, 4) is 0 Å². The van der Waals surface area contributed by atoms with Crippen molar-refractivity contribution in [1.29, 1.82) is 0 Å². The monoisotopic (exact) mass is 344 g/mol. The van der Waals surface area contributed by atoms with E-state index >= 15 is 0 Å². The number of nitrogen functional groups attached to an aromatic ring is 2. The van der Waals surface area contributed by atoms with E-state index in [1.54, 1.807) is 0 Å². The summed E-state index contributed by atoms with van der Waals surface area (Å²) in [4.78, 5) is 0. The van der Waals surface area contributed by atoms with Crippen molar-refractivity contribution in [3.63, 3.8) is 0 Å². The van der Waals surface area contributed by atoms with Crippen LogP contribution in [0.15, 0.2) is 72.8 Å². The Morgan fingerprint density at radius 1 is 0.500 bits per heavy atom. The van der Waals surface area contributed by atoms with Crippen LogP contribution >= 0.6 is 0 Å². The number of hydrogen-bond donors (Lipinski definition) is 2. The molecule has 26 heavy (non-hydrogen) atoms. The fourth-order valence-corrected chi connectivity index (χ4v) is 3.75. The predicted molar refractivity (Wildman–Crippen MR) is 112 cm³/mol. The van der Waals surface area contributed by atoms with Crippen molar-refractivity contribution in [2.75, 3.05) is 11.5 Å². The molecule has 0 heterocycles. The normalized spacial score (nSPS) is 12.2. The lowest BCUT2D eigenvalue weighted by molar-refractivity contribution is 0.629. The standard InChI is InChI=1S/C24H28N2/c1-23(2,19-9-5-7-11-21(19)25)17-13-15-18(16-14-17)24(3,4)20-10-6-8-12-22(20)26/h5-16H,25-26H2,1-4H3. The van der Waals surface area contributed by atoms with Crippen LogP contribution in [0.4, 0.5) is 11.4 Å². The molecular formula is C24H28N2. The van der Waals surface area contributed by atoms with Gasteiger partial charge < -0.3 is 11.5 Å². The zero-order valence-electron chi connectivity index (χ0n) is 16.1. The first-order valence-corrected chi connectivity index (χ1v) is 9.05. The minimum Gasteiger partial charge on any atom is -0.398 e. The minimum atomic E-state index is -0.153. The quantitative estimate of drug-likeness (QED) is 0.614. The molecule has 0 spiro atoms. The lowest BCUT2D eigenvalue weighted by atomic mass is 9.74. The molecule has 134 valence electrons. The molecule has 0 unspecified atom stereocenters. The Hall–Kier alpha value is -2.74. The van der Waals surface area contributed by atoms with Crippen molar-refractivity contribution in [3.05, 3.63) is 95.1 Å². The lowest BCUT2D eigenvalue weighted by Gasteiger charge is -2.30. The van der Waals surface area contributed by atoms with Crippen LogP contribution in [0, 0.1) is 0 Å². The fraction of sp³-hybridized carbons (Fsp3) is 0.250. The molecule has 0 aliphatic rings. The largest absolute Gasteiger partial charge is 0.398 e. The molecule has 0 aliphatic carbocycles. The molecule has 0 aromatic heterocycles. The molecule has 0 radical (unpaired) electrons. The van der Waals surface area contributed by atoms with Gasteiger partial charge in [0.1, 0.15) is 0 Å². The van der Waals surface area contributed by atoms with E-state index in [1.807, 2.05) is 36.4 Å². The molecule has 0 saturated heterocycles. The highest BCUT2D eigenvalue weighted by Gasteiger charge is 2.28. The van der Waals surface area contributed by atoms with Crippen molar-refractivity contribution in [2.24, 2.45) is 0 Å². The second kappa shape index (κ2) is 6.53. The lowest BCUT2D eigenvalue weighted by Crippen LogP contribution is -2.23. The molecule has 0 amide bonds. The Bertz CT molecular complexity index is 829. The van der Waals surface area contributed by atoms with Gasteiger partial charge in [0.2, 0.25) is 0 Å². The van der Waals surface area contributed by atoms with Gasteiger partial charge in [-0.15, -0.1) is 0 Å². The highest BCUT2D eigenvalue weighted by atomic mass is 14.6. The molecule has 3 rings (SSSR count). The van der Waals surface area contributed by atoms with Gasteiger partial charge >= 0.3 is 0 Å². The molecule has 0 atom stereocenters. The summed E-state index contributed by atoms with van der Waals surface area (Å²) in [7, 11) is 0. The second-order valence-corrected chi connectivity index (χ2v) is 8.00. The van der Waals surface area contributed by atoms with Crippen molar-refractivity contribution in [1.82, 2.24) is 0 Å². The van der Waals surface area contributed by atoms with E-state index in [9.17, 15) is 0 Å². The number of nitrogens with two attached hydrogens (primary N) is 2. The van der Waals surface area contributed by atoms with Gasteiger partial charge in [0.05, 0.1) is 0 Å². The molecule has 2 nitrogen and oxygen atoms in total. The van der Waals surface area contributed by atoms with Gasteiger partial charge in [0.25, 0.3) is 0 Å². The van der Waals surface area contributed by atoms with Crippen LogP contribution in [0.3, 0.4) is 0 Å². The highest BCUT2D eigenvalue weighted by Crippen LogP contribution is 2.38. The summed E-state index contributed by atoms with van der Waals surface area (Å²) in [6.45, 7) is 8.87. The number of anilines is 2. The third-order valence-corrected chi connectivity index (χ3v) is 5.60. The predicted octanol–water partition coefficient (Wildman–Crippen LogP) is 5.50. The average Bonchev–Trinajstić information content (AvgIpc) is 2.62. The Kier molecular flexibility index (Phi) is 4.53. The average molecular weight is 345 g/mol. The van der Waals surface area contributed by atoms with Gasteiger partial charge in [0.15, 0.2) is 0 Å². The van der Waals surface area contributed by atoms with E-state index in [0.29, 0.717) is 0 Å². The Morgan fingerprint density at radius 3 is 1.12 bits per heavy atom. The number of hydrogen-bond acceptors (Lipinski definition) is 2. The first-order valence-electron chi connectivity index (χ1n) is 9.05. The van der Waals surface area contributed by atoms with E-state index in [-0.39, 0.29) is 10.8 Å². The molecule has 0 saturated carbocycles. The Balaban J connectivity index is 1.99. The zero-order valence-corrected chi connectivity index (χ0v) is 16.1. The molecule has 0 bridgehead atoms. The Morgan fingerprint density at radius 2 is 0.808 bits per heavy atom. The van der Waals surface area contributed by atoms with Crippen LogP contribution in [0.1, 0.15) is 49.9 Å². The summed E-state index contributed by atoms with van der Waals surface area (Å²) in [5, 5.41) is 0. The summed E-state index contributed by atoms with van der Waals surface area (Å²) in [6.07, 6.45) is 0. The van der Waals surface area contributed by atoms with Crippen LogP contribution in [0.25, 0.3) is 0 Å². The van der Waals surface area contributed by atoms with Crippen LogP contribution in [-0.4, -0.2) is 0 Å². The van der Waals surface area contributed by atoms with Gasteiger partial charge in [-0.25, -0.2) is 0 Å². The van der Waals surface area contributed by atoms with E-state index in [4.69, 9.17) is 11.5 Å². The summed E-state index contributed by atoms with van der Waals surface area (Å²) in [5.41, 5.74) is 18.6. The number of benzene rings is 3. The van der Waals surface area contributed by atoms with Crippen molar-refractivity contribution < 1.29 is 0 Å². The van der Waals surface area contributed by atoms with E-state index in [1.165, 1.54) is 11.1 Å². The summed E-state index contributed by atoms with van der Waals surface area (Å²) < 4.78 is 0. The van der Waals surface area contributed by atoms with E-state index in [0.717, 1.165) is 22.5 Å². The fourth-order valence-electron chi connectivity index (χ4n) is 3.75. The maximum absolute atomic E-state index is 6.22. The molecule has 3 aromatic rings. The van der Waals surface area contributed by atoms with Gasteiger partial charge in [-0.3, -0.25) is 0 Å². The van der Waals surface area contributed by atoms with Gasteiger partial charge in [0, 0.05) is 22.2 Å². The third kappa shape index (κ3) is 3.08. The van der Waals surface area contributed by atoms with E-state index < -0.39 is 0 Å². The Labute approximate surface area is 156 Å². The zero-order chi connectivity index (χ0) is 18.9. The van der Waals surface area contributed by atoms with Gasteiger partial charge in [-0.2, -0.15) is 0 Å². The van der Waals surface area contributed by atoms with Gasteiger partial charge in [-0.05, 0) is 34.4 Å². The van der Waals surface area contributed by atoms with Crippen molar-refractivity contribution in [2.45, 2.75) is 38.5 Å². The molecular weight excluding hydrogens is 316 g/mol. The number of rotatable bonds is 4. The maximum Gasteiger partial charge on any atom is 0.0355 e. The maximum atomic E-state index is 6.22. The first-order chi connectivity index (χ1) is 12.2. The third-order valence-electron chi connectivity index (χ3n) is 5.60. The van der Waals surface area contributed by atoms with Crippen LogP contribution in [0.2, 0.25) is 0 Å². The van der Waals surface area contributed by atoms with E-state index in [2.05, 4.69) is 64.1 Å². The molecule has 2 heteroatoms. The van der Waals surface area contributed by atoms with Crippen LogP contribution in [0.5, 0.6) is 0 Å². The summed E-state index contributed by atoms with van der Waals surface area (Å²) >= 11 is 0. The first kappa shape index (κ1) is 18.1. The van der Waals surface area contributed by atoms with Crippen LogP contribution in [-0.2, 0) is 10.8 Å². The van der Waals surface area contributed by atoms with Crippen LogP contribution < -0.4 is 11.5 Å². The SMILES string of the molecule is CC(C)(c1ccc(C(C)(C)c2ccccc2N)cc1)c1ccccc1N. The molecule has 3 aromatic carbocycles. The minimum absolute atomic E-state index is 0.153. The topological polar surface area (TPSA) is 52.0 Å². The van der Waals surface area contributed by atoms with Crippen molar-refractivity contribution >= 4 is 11.4 Å². The molecule has 0 fully saturated rings. The summed E-state index contributed by atoms with van der Waals surface area (Å²) in [5.74, 6) is 0. The molecule has 4 N–H and O–H groups in total. The smallest absolute Gasteiger partial charge is 0.0355 e. The molecule has 0 aliphatic heterocycles. The summed E-state index contributed by atoms with van der Waals surface area (Å²) in [6, 6.07) is 25.0. The van der Waals surface area contributed by atoms with Gasteiger partial charge in [-0.1, -0.05) is 88.4 Å². The second-order valence-electron chi connectivity index (χ2n) is 8.00. The highest BCUT2D eigenvalue weighted by molar-refractivity contribution is 5.56. The number of para-hydroxylation sites is 2.